The number of primary sulfonamides is 1. The van der Waals surface area contributed by atoms with E-state index in [0.717, 1.165) is 0 Å². The Morgan fingerprint density at radius 2 is 1.86 bits per heavy atom. The Morgan fingerprint density at radius 3 is 2.29 bits per heavy atom. The molecule has 0 heterocycles. The van der Waals surface area contributed by atoms with E-state index in [1.165, 1.54) is 6.07 Å². The minimum absolute atomic E-state index is 0.0441. The Balaban J connectivity index is 3.27. The standard InChI is InChI=1S/C14H21BrN2O3S/c1-9-6-10(7-11(12(9)15)21(16,19)20)13(18)17(5)8-14(2,3)4/h6-7H,8H2,1-5H3,(H2,16,19,20). The van der Waals surface area contributed by atoms with Crippen molar-refractivity contribution in [3.05, 3.63) is 27.7 Å². The van der Waals surface area contributed by atoms with Crippen molar-refractivity contribution in [2.75, 3.05) is 13.6 Å². The molecule has 1 rings (SSSR count). The molecule has 5 nitrogen and oxygen atoms in total. The Bertz CT molecular complexity index is 664. The summed E-state index contributed by atoms with van der Waals surface area (Å²) in [6.45, 7) is 8.36. The molecule has 118 valence electrons. The number of rotatable bonds is 3. The monoisotopic (exact) mass is 376 g/mol. The SMILES string of the molecule is Cc1cc(C(=O)N(C)CC(C)(C)C)cc(S(N)(=O)=O)c1Br. The summed E-state index contributed by atoms with van der Waals surface area (Å²) in [5.41, 5.74) is 0.915. The second kappa shape index (κ2) is 6.06. The number of halogens is 1. The highest BCUT2D eigenvalue weighted by Crippen LogP contribution is 2.27. The lowest BCUT2D eigenvalue weighted by Crippen LogP contribution is -2.34. The molecule has 0 atom stereocenters. The zero-order valence-corrected chi connectivity index (χ0v) is 15.3. The van der Waals surface area contributed by atoms with E-state index < -0.39 is 10.0 Å². The van der Waals surface area contributed by atoms with E-state index in [1.54, 1.807) is 24.9 Å². The van der Waals surface area contributed by atoms with Crippen LogP contribution in [-0.2, 0) is 10.0 Å². The first-order valence-corrected chi connectivity index (χ1v) is 8.75. The molecule has 0 fully saturated rings. The summed E-state index contributed by atoms with van der Waals surface area (Å²) < 4.78 is 23.6. The van der Waals surface area contributed by atoms with Crippen molar-refractivity contribution in [1.29, 1.82) is 0 Å². The van der Waals surface area contributed by atoms with Gasteiger partial charge in [0.1, 0.15) is 0 Å². The van der Waals surface area contributed by atoms with E-state index >= 15 is 0 Å². The number of aryl methyl sites for hydroxylation is 1. The molecule has 21 heavy (non-hydrogen) atoms. The number of carbonyl (C=O) groups is 1. The maximum atomic E-state index is 12.4. The lowest BCUT2D eigenvalue weighted by molar-refractivity contribution is 0.0745. The summed E-state index contributed by atoms with van der Waals surface area (Å²) in [5.74, 6) is -0.231. The Labute approximate surface area is 134 Å². The second-order valence-electron chi connectivity index (χ2n) is 6.37. The zero-order chi connectivity index (χ0) is 16.6. The van der Waals surface area contributed by atoms with Crippen LogP contribution in [0.3, 0.4) is 0 Å². The Morgan fingerprint density at radius 1 is 1.33 bits per heavy atom. The average Bonchev–Trinajstić information content (AvgIpc) is 2.27. The summed E-state index contributed by atoms with van der Waals surface area (Å²) in [6, 6.07) is 2.97. The largest absolute Gasteiger partial charge is 0.341 e. The molecule has 0 unspecified atom stereocenters. The number of sulfonamides is 1. The minimum atomic E-state index is -3.89. The van der Waals surface area contributed by atoms with Gasteiger partial charge in [-0.3, -0.25) is 4.79 Å². The first-order chi connectivity index (χ1) is 9.33. The third-order valence-corrected chi connectivity index (χ3v) is 5.08. The van der Waals surface area contributed by atoms with Gasteiger partial charge < -0.3 is 4.90 Å². The van der Waals surface area contributed by atoms with Gasteiger partial charge in [0.05, 0.1) is 4.90 Å². The van der Waals surface area contributed by atoms with Crippen molar-refractivity contribution in [1.82, 2.24) is 4.90 Å². The third-order valence-electron chi connectivity index (χ3n) is 2.83. The molecular weight excluding hydrogens is 356 g/mol. The summed E-state index contributed by atoms with van der Waals surface area (Å²) in [7, 11) is -2.19. The van der Waals surface area contributed by atoms with E-state index in [1.807, 2.05) is 20.8 Å². The number of carbonyl (C=O) groups excluding carboxylic acids is 1. The highest BCUT2D eigenvalue weighted by molar-refractivity contribution is 9.10. The Hall–Kier alpha value is -0.920. The molecule has 0 aliphatic carbocycles. The summed E-state index contributed by atoms with van der Waals surface area (Å²) in [4.78, 5) is 13.9. The predicted molar refractivity (Wildman–Crippen MR) is 86.7 cm³/mol. The summed E-state index contributed by atoms with van der Waals surface area (Å²) >= 11 is 3.20. The van der Waals surface area contributed by atoms with Crippen molar-refractivity contribution < 1.29 is 13.2 Å². The van der Waals surface area contributed by atoms with Crippen molar-refractivity contribution >= 4 is 31.9 Å². The first-order valence-electron chi connectivity index (χ1n) is 6.41. The third kappa shape index (κ3) is 4.79. The quantitative estimate of drug-likeness (QED) is 0.879. The number of amides is 1. The first kappa shape index (κ1) is 18.1. The van der Waals surface area contributed by atoms with Crippen LogP contribution in [0.1, 0.15) is 36.7 Å². The molecule has 0 aromatic heterocycles. The van der Waals surface area contributed by atoms with Crippen LogP contribution in [0, 0.1) is 12.3 Å². The van der Waals surface area contributed by atoms with Gasteiger partial charge in [-0.2, -0.15) is 0 Å². The molecule has 0 saturated carbocycles. The normalized spacial score (nSPS) is 12.3. The molecule has 0 spiro atoms. The molecule has 1 amide bonds. The van der Waals surface area contributed by atoms with Gasteiger partial charge in [-0.1, -0.05) is 20.8 Å². The molecule has 0 aliphatic heterocycles. The molecule has 0 saturated heterocycles. The molecule has 0 aliphatic rings. The average molecular weight is 377 g/mol. The zero-order valence-electron chi connectivity index (χ0n) is 12.9. The second-order valence-corrected chi connectivity index (χ2v) is 8.69. The lowest BCUT2D eigenvalue weighted by Gasteiger charge is -2.27. The van der Waals surface area contributed by atoms with Crippen LogP contribution < -0.4 is 5.14 Å². The highest BCUT2D eigenvalue weighted by atomic mass is 79.9. The van der Waals surface area contributed by atoms with Gasteiger partial charge in [0, 0.05) is 23.6 Å². The van der Waals surface area contributed by atoms with Crippen LogP contribution in [0.5, 0.6) is 0 Å². The van der Waals surface area contributed by atoms with Crippen LogP contribution in [0.4, 0.5) is 0 Å². The van der Waals surface area contributed by atoms with Crippen molar-refractivity contribution in [3.8, 4) is 0 Å². The van der Waals surface area contributed by atoms with E-state index in [0.29, 0.717) is 22.1 Å². The van der Waals surface area contributed by atoms with Gasteiger partial charge in [0.15, 0.2) is 0 Å². The van der Waals surface area contributed by atoms with Gasteiger partial charge >= 0.3 is 0 Å². The number of nitrogens with two attached hydrogens (primary N) is 1. The summed E-state index contributed by atoms with van der Waals surface area (Å²) in [5, 5.41) is 5.19. The molecule has 0 bridgehead atoms. The van der Waals surface area contributed by atoms with Gasteiger partial charge in [-0.05, 0) is 46.0 Å². The van der Waals surface area contributed by atoms with Crippen LogP contribution in [0.25, 0.3) is 0 Å². The van der Waals surface area contributed by atoms with Crippen LogP contribution >= 0.6 is 15.9 Å². The predicted octanol–water partition coefficient (Wildman–Crippen LogP) is 2.52. The van der Waals surface area contributed by atoms with Gasteiger partial charge in [0.25, 0.3) is 5.91 Å². The molecule has 7 heteroatoms. The van der Waals surface area contributed by atoms with Crippen LogP contribution in [0.2, 0.25) is 0 Å². The molecular formula is C14H21BrN2O3S. The minimum Gasteiger partial charge on any atom is -0.341 e. The highest BCUT2D eigenvalue weighted by Gasteiger charge is 2.22. The number of nitrogens with zero attached hydrogens (tertiary/aromatic N) is 1. The fraction of sp³-hybridized carbons (Fsp3) is 0.500. The van der Waals surface area contributed by atoms with Crippen molar-refractivity contribution in [2.24, 2.45) is 10.6 Å². The molecule has 1 aromatic rings. The van der Waals surface area contributed by atoms with Gasteiger partial charge in [0.2, 0.25) is 10.0 Å². The van der Waals surface area contributed by atoms with Crippen molar-refractivity contribution in [3.63, 3.8) is 0 Å². The maximum absolute atomic E-state index is 12.4. The lowest BCUT2D eigenvalue weighted by atomic mass is 9.96. The van der Waals surface area contributed by atoms with Crippen LogP contribution in [0.15, 0.2) is 21.5 Å². The maximum Gasteiger partial charge on any atom is 0.253 e. The fourth-order valence-electron chi connectivity index (χ4n) is 2.07. The molecule has 0 radical (unpaired) electrons. The van der Waals surface area contributed by atoms with Crippen molar-refractivity contribution in [2.45, 2.75) is 32.6 Å². The number of benzene rings is 1. The molecule has 2 N–H and O–H groups in total. The van der Waals surface area contributed by atoms with E-state index in [-0.39, 0.29) is 16.2 Å². The van der Waals surface area contributed by atoms with Gasteiger partial charge in [-0.15, -0.1) is 0 Å². The summed E-state index contributed by atoms with van der Waals surface area (Å²) in [6.07, 6.45) is 0. The number of hydrogen-bond acceptors (Lipinski definition) is 3. The Kier molecular flexibility index (Phi) is 5.23. The fourth-order valence-corrected chi connectivity index (χ4v) is 3.68. The van der Waals surface area contributed by atoms with Gasteiger partial charge in [-0.25, -0.2) is 13.6 Å². The van der Waals surface area contributed by atoms with E-state index in [4.69, 9.17) is 5.14 Å². The number of hydrogen-bond donors (Lipinski definition) is 1. The van der Waals surface area contributed by atoms with E-state index in [2.05, 4.69) is 15.9 Å². The topological polar surface area (TPSA) is 80.5 Å². The van der Waals surface area contributed by atoms with E-state index in [9.17, 15) is 13.2 Å². The van der Waals surface area contributed by atoms with Crippen LogP contribution in [-0.4, -0.2) is 32.8 Å². The smallest absolute Gasteiger partial charge is 0.253 e. The molecule has 1 aromatic carbocycles.